The Morgan fingerprint density at radius 2 is 2.23 bits per heavy atom. The van der Waals surface area contributed by atoms with E-state index in [9.17, 15) is 9.90 Å². The first-order valence-electron chi connectivity index (χ1n) is 7.10. The zero-order valence-corrected chi connectivity index (χ0v) is 13.3. The van der Waals surface area contributed by atoms with Crippen molar-refractivity contribution in [2.24, 2.45) is 5.92 Å². The van der Waals surface area contributed by atoms with Crippen LogP contribution in [0.25, 0.3) is 0 Å². The van der Waals surface area contributed by atoms with E-state index in [4.69, 9.17) is 0 Å². The highest BCUT2D eigenvalue weighted by Gasteiger charge is 2.11. The fourth-order valence-corrected chi connectivity index (χ4v) is 2.69. The van der Waals surface area contributed by atoms with E-state index in [2.05, 4.69) is 20.6 Å². The third-order valence-electron chi connectivity index (χ3n) is 3.29. The molecule has 2 heterocycles. The number of carbonyl (C=O) groups excluding carboxylic acids is 1. The van der Waals surface area contributed by atoms with Crippen LogP contribution in [-0.2, 0) is 13.0 Å². The molecule has 0 spiro atoms. The molecular formula is C15H20N4O2S. The minimum Gasteiger partial charge on any atom is -0.396 e. The van der Waals surface area contributed by atoms with E-state index >= 15 is 0 Å². The highest BCUT2D eigenvalue weighted by molar-refractivity contribution is 7.09. The minimum absolute atomic E-state index is 0.00477. The Labute approximate surface area is 133 Å². The highest BCUT2D eigenvalue weighted by atomic mass is 32.1. The fourth-order valence-electron chi connectivity index (χ4n) is 1.97. The molecule has 0 aromatic carbocycles. The van der Waals surface area contributed by atoms with Gasteiger partial charge in [0.15, 0.2) is 0 Å². The van der Waals surface area contributed by atoms with Gasteiger partial charge in [-0.25, -0.2) is 9.78 Å². The minimum atomic E-state index is -0.243. The van der Waals surface area contributed by atoms with Crippen LogP contribution in [-0.4, -0.2) is 34.3 Å². The third kappa shape index (κ3) is 5.09. The van der Waals surface area contributed by atoms with Gasteiger partial charge in [0.05, 0.1) is 17.7 Å². The Kier molecular flexibility index (Phi) is 6.29. The number of aliphatic hydroxyl groups is 1. The molecule has 22 heavy (non-hydrogen) atoms. The molecule has 7 heteroatoms. The molecule has 0 radical (unpaired) electrons. The normalized spacial score (nSPS) is 11.9. The SMILES string of the molecule is Cc1ncsc1CNC(=O)NCC(CO)Cc1ccccn1. The van der Waals surface area contributed by atoms with Crippen LogP contribution in [0.2, 0.25) is 0 Å². The topological polar surface area (TPSA) is 87.1 Å². The molecule has 3 N–H and O–H groups in total. The van der Waals surface area contributed by atoms with E-state index in [1.54, 1.807) is 11.7 Å². The van der Waals surface area contributed by atoms with Gasteiger partial charge in [0.25, 0.3) is 0 Å². The summed E-state index contributed by atoms with van der Waals surface area (Å²) in [5.41, 5.74) is 3.61. The summed E-state index contributed by atoms with van der Waals surface area (Å²) in [4.78, 5) is 21.2. The number of carbonyl (C=O) groups is 1. The van der Waals surface area contributed by atoms with Gasteiger partial charge in [0.2, 0.25) is 0 Å². The maximum absolute atomic E-state index is 11.8. The second kappa shape index (κ2) is 8.45. The number of hydrogen-bond acceptors (Lipinski definition) is 5. The number of rotatable bonds is 7. The van der Waals surface area contributed by atoms with Crippen LogP contribution in [0.15, 0.2) is 29.9 Å². The van der Waals surface area contributed by atoms with Gasteiger partial charge in [-0.3, -0.25) is 4.98 Å². The molecule has 0 aliphatic heterocycles. The Hall–Kier alpha value is -1.99. The van der Waals surface area contributed by atoms with Crippen LogP contribution in [0.4, 0.5) is 4.79 Å². The number of nitrogens with one attached hydrogen (secondary N) is 2. The molecule has 0 bridgehead atoms. The summed E-state index contributed by atoms with van der Waals surface area (Å²) in [5, 5.41) is 15.0. The van der Waals surface area contributed by atoms with Crippen molar-refractivity contribution in [3.63, 3.8) is 0 Å². The fraction of sp³-hybridized carbons (Fsp3) is 0.400. The molecule has 118 valence electrons. The lowest BCUT2D eigenvalue weighted by Gasteiger charge is -2.15. The molecule has 2 rings (SSSR count). The van der Waals surface area contributed by atoms with E-state index < -0.39 is 0 Å². The number of nitrogens with zero attached hydrogens (tertiary/aromatic N) is 2. The number of aryl methyl sites for hydroxylation is 1. The predicted octanol–water partition coefficient (Wildman–Crippen LogP) is 1.50. The van der Waals surface area contributed by atoms with Crippen LogP contribution in [0.1, 0.15) is 16.3 Å². The standard InChI is InChI=1S/C15H20N4O2S/c1-11-14(22-10-19-11)8-18-15(21)17-7-12(9-20)6-13-4-2-3-5-16-13/h2-5,10,12,20H,6-9H2,1H3,(H2,17,18,21). The summed E-state index contributed by atoms with van der Waals surface area (Å²) in [7, 11) is 0. The molecular weight excluding hydrogens is 300 g/mol. The molecule has 1 atom stereocenters. The third-order valence-corrected chi connectivity index (χ3v) is 4.22. The average Bonchev–Trinajstić information content (AvgIpc) is 2.95. The Bertz CT molecular complexity index is 588. The van der Waals surface area contributed by atoms with E-state index in [1.807, 2.05) is 25.1 Å². The molecule has 0 aliphatic carbocycles. The van der Waals surface area contributed by atoms with Gasteiger partial charge in [-0.1, -0.05) is 6.07 Å². The van der Waals surface area contributed by atoms with Crippen molar-refractivity contribution in [2.45, 2.75) is 19.9 Å². The number of thiazole rings is 1. The second-order valence-electron chi connectivity index (χ2n) is 5.00. The van der Waals surface area contributed by atoms with Crippen LogP contribution in [0.3, 0.4) is 0 Å². The summed E-state index contributed by atoms with van der Waals surface area (Å²) >= 11 is 1.52. The molecule has 6 nitrogen and oxygen atoms in total. The van der Waals surface area contributed by atoms with Crippen molar-refractivity contribution < 1.29 is 9.90 Å². The van der Waals surface area contributed by atoms with Gasteiger partial charge >= 0.3 is 6.03 Å². The molecule has 2 aromatic rings. The van der Waals surface area contributed by atoms with Crippen molar-refractivity contribution in [3.8, 4) is 0 Å². The summed E-state index contributed by atoms with van der Waals surface area (Å²) in [6.07, 6.45) is 2.35. The highest BCUT2D eigenvalue weighted by Crippen LogP contribution is 2.11. The zero-order valence-electron chi connectivity index (χ0n) is 12.5. The zero-order chi connectivity index (χ0) is 15.8. The van der Waals surface area contributed by atoms with Gasteiger partial charge in [-0.05, 0) is 25.5 Å². The van der Waals surface area contributed by atoms with Crippen molar-refractivity contribution in [2.75, 3.05) is 13.2 Å². The first-order valence-corrected chi connectivity index (χ1v) is 7.98. The van der Waals surface area contributed by atoms with Crippen molar-refractivity contribution in [1.29, 1.82) is 0 Å². The molecule has 2 amide bonds. The number of amides is 2. The Morgan fingerprint density at radius 3 is 2.86 bits per heavy atom. The number of urea groups is 1. The lowest BCUT2D eigenvalue weighted by molar-refractivity contribution is 0.213. The molecule has 2 aromatic heterocycles. The van der Waals surface area contributed by atoms with E-state index in [0.717, 1.165) is 16.3 Å². The number of pyridine rings is 1. The van der Waals surface area contributed by atoms with Gasteiger partial charge in [-0.15, -0.1) is 11.3 Å². The van der Waals surface area contributed by atoms with E-state index in [0.29, 0.717) is 19.5 Å². The number of aromatic nitrogens is 2. The lowest BCUT2D eigenvalue weighted by atomic mass is 10.0. The molecule has 0 saturated carbocycles. The Morgan fingerprint density at radius 1 is 1.36 bits per heavy atom. The Balaban J connectivity index is 1.73. The number of hydrogen-bond donors (Lipinski definition) is 3. The van der Waals surface area contributed by atoms with Crippen LogP contribution in [0, 0.1) is 12.8 Å². The molecule has 0 aliphatic rings. The summed E-state index contributed by atoms with van der Waals surface area (Å²) in [5.74, 6) is -0.0502. The lowest BCUT2D eigenvalue weighted by Crippen LogP contribution is -2.39. The van der Waals surface area contributed by atoms with Gasteiger partial charge in [0.1, 0.15) is 0 Å². The first kappa shape index (κ1) is 16.4. The van der Waals surface area contributed by atoms with Gasteiger partial charge in [0, 0.05) is 35.8 Å². The quantitative estimate of drug-likeness (QED) is 0.721. The van der Waals surface area contributed by atoms with Crippen molar-refractivity contribution in [3.05, 3.63) is 46.2 Å². The summed E-state index contributed by atoms with van der Waals surface area (Å²) < 4.78 is 0. The largest absolute Gasteiger partial charge is 0.396 e. The van der Waals surface area contributed by atoms with Crippen LogP contribution in [0.5, 0.6) is 0 Å². The van der Waals surface area contributed by atoms with Crippen LogP contribution >= 0.6 is 11.3 Å². The average molecular weight is 320 g/mol. The monoisotopic (exact) mass is 320 g/mol. The first-order chi connectivity index (χ1) is 10.7. The van der Waals surface area contributed by atoms with Crippen LogP contribution < -0.4 is 10.6 Å². The summed E-state index contributed by atoms with van der Waals surface area (Å²) in [6, 6.07) is 5.43. The molecule has 1 unspecified atom stereocenters. The van der Waals surface area contributed by atoms with Gasteiger partial charge in [-0.2, -0.15) is 0 Å². The van der Waals surface area contributed by atoms with E-state index in [1.165, 1.54) is 11.3 Å². The van der Waals surface area contributed by atoms with E-state index in [-0.39, 0.29) is 18.6 Å². The predicted molar refractivity (Wildman–Crippen MR) is 85.6 cm³/mol. The molecule has 0 saturated heterocycles. The molecule has 0 fully saturated rings. The van der Waals surface area contributed by atoms with Crippen molar-refractivity contribution >= 4 is 17.4 Å². The maximum atomic E-state index is 11.8. The summed E-state index contributed by atoms with van der Waals surface area (Å²) in [6.45, 7) is 2.79. The maximum Gasteiger partial charge on any atom is 0.315 e. The van der Waals surface area contributed by atoms with Gasteiger partial charge < -0.3 is 15.7 Å². The second-order valence-corrected chi connectivity index (χ2v) is 5.94. The number of aliphatic hydroxyl groups excluding tert-OH is 1. The van der Waals surface area contributed by atoms with Crippen molar-refractivity contribution in [1.82, 2.24) is 20.6 Å². The smallest absolute Gasteiger partial charge is 0.315 e.